The molecule has 7 heteroatoms. The predicted octanol–water partition coefficient (Wildman–Crippen LogP) is 4.61. The highest BCUT2D eigenvalue weighted by Gasteiger charge is 2.12. The van der Waals surface area contributed by atoms with Crippen LogP contribution in [-0.2, 0) is 6.42 Å². The summed E-state index contributed by atoms with van der Waals surface area (Å²) in [6.45, 7) is 3.84. The van der Waals surface area contributed by atoms with Crippen molar-refractivity contribution in [2.75, 3.05) is 30.4 Å². The molecule has 0 saturated carbocycles. The molecule has 0 fully saturated rings. The molecule has 0 saturated heterocycles. The Morgan fingerprint density at radius 1 is 0.964 bits per heavy atom. The summed E-state index contributed by atoms with van der Waals surface area (Å²) in [5.74, 6) is 2.80. The molecule has 2 N–H and O–H groups in total. The van der Waals surface area contributed by atoms with Crippen LogP contribution in [0.15, 0.2) is 48.5 Å². The molecular weight excluding hydrogens is 376 g/mol. The van der Waals surface area contributed by atoms with E-state index in [2.05, 4.69) is 20.6 Å². The van der Waals surface area contributed by atoms with Crippen LogP contribution in [0.4, 0.5) is 17.5 Å². The van der Waals surface area contributed by atoms with Crippen molar-refractivity contribution >= 4 is 29.1 Å². The minimum atomic E-state index is 0.533. The van der Waals surface area contributed by atoms with Crippen molar-refractivity contribution in [1.29, 1.82) is 0 Å². The zero-order chi connectivity index (χ0) is 19.3. The average Bonchev–Trinajstić information content (AvgIpc) is 2.69. The third kappa shape index (κ3) is 4.64. The van der Waals surface area contributed by atoms with Crippen LogP contribution in [0.2, 0.25) is 5.02 Å². The van der Waals surface area contributed by atoms with E-state index in [1.165, 1.54) is 5.56 Å². The third-order valence-corrected chi connectivity index (χ3v) is 4.54. The lowest BCUT2D eigenvalue weighted by Crippen LogP contribution is -2.15. The molecule has 0 atom stereocenters. The Morgan fingerprint density at radius 2 is 1.75 bits per heavy atom. The highest BCUT2D eigenvalue weighted by Crippen LogP contribution is 2.33. The number of nitrogens with zero attached hydrogens (tertiary/aromatic N) is 2. The molecule has 0 aliphatic carbocycles. The summed E-state index contributed by atoms with van der Waals surface area (Å²) in [4.78, 5) is 9.03. The Bertz CT molecular complexity index is 963. The summed E-state index contributed by atoms with van der Waals surface area (Å²) in [6.07, 6.45) is 0.880. The Labute approximate surface area is 168 Å². The van der Waals surface area contributed by atoms with Gasteiger partial charge in [0.1, 0.15) is 19.0 Å². The number of hydrogen-bond donors (Lipinski definition) is 2. The average molecular weight is 397 g/mol. The summed E-state index contributed by atoms with van der Waals surface area (Å²) in [7, 11) is 0. The van der Waals surface area contributed by atoms with Crippen molar-refractivity contribution < 1.29 is 9.47 Å². The fraction of sp³-hybridized carbons (Fsp3) is 0.238. The van der Waals surface area contributed by atoms with E-state index in [9.17, 15) is 0 Å². The van der Waals surface area contributed by atoms with Gasteiger partial charge in [-0.1, -0.05) is 23.7 Å². The summed E-state index contributed by atoms with van der Waals surface area (Å²) in [5, 5.41) is 7.34. The first-order valence-electron chi connectivity index (χ1n) is 9.16. The lowest BCUT2D eigenvalue weighted by atomic mass is 10.1. The molecule has 0 amide bonds. The van der Waals surface area contributed by atoms with Gasteiger partial charge in [-0.3, -0.25) is 0 Å². The van der Waals surface area contributed by atoms with Crippen LogP contribution in [0.5, 0.6) is 11.5 Å². The maximum Gasteiger partial charge on any atom is 0.229 e. The Morgan fingerprint density at radius 3 is 2.57 bits per heavy atom. The minimum absolute atomic E-state index is 0.533. The number of ether oxygens (including phenoxy) is 2. The van der Waals surface area contributed by atoms with Crippen LogP contribution in [0.3, 0.4) is 0 Å². The Kier molecular flexibility index (Phi) is 5.48. The van der Waals surface area contributed by atoms with Crippen LogP contribution in [0, 0.1) is 6.92 Å². The number of fused-ring (bicyclic) bond motifs is 1. The molecule has 28 heavy (non-hydrogen) atoms. The minimum Gasteiger partial charge on any atom is -0.486 e. The van der Waals surface area contributed by atoms with E-state index < -0.39 is 0 Å². The predicted molar refractivity (Wildman–Crippen MR) is 111 cm³/mol. The molecule has 0 radical (unpaired) electrons. The Balaban J connectivity index is 1.41. The first kappa shape index (κ1) is 18.4. The molecule has 3 aromatic rings. The van der Waals surface area contributed by atoms with Gasteiger partial charge in [0.05, 0.1) is 0 Å². The number of anilines is 3. The van der Waals surface area contributed by atoms with E-state index >= 15 is 0 Å². The number of rotatable bonds is 6. The monoisotopic (exact) mass is 396 g/mol. The van der Waals surface area contributed by atoms with E-state index in [1.807, 2.05) is 55.5 Å². The van der Waals surface area contributed by atoms with Gasteiger partial charge >= 0.3 is 0 Å². The summed E-state index contributed by atoms with van der Waals surface area (Å²) >= 11 is 5.93. The van der Waals surface area contributed by atoms with E-state index in [0.29, 0.717) is 19.2 Å². The van der Waals surface area contributed by atoms with Crippen LogP contribution in [0.25, 0.3) is 0 Å². The standard InChI is InChI=1S/C21H21ClN4O2/c1-14-12-20(23-9-8-15-2-4-16(22)5-3-15)26-21(24-14)25-17-6-7-18-19(13-17)28-11-10-27-18/h2-7,12-13H,8-11H2,1H3,(H2,23,24,25,26). The van der Waals surface area contributed by atoms with Crippen LogP contribution < -0.4 is 20.1 Å². The van der Waals surface area contributed by atoms with Gasteiger partial charge in [0, 0.05) is 35.1 Å². The van der Waals surface area contributed by atoms with Gasteiger partial charge < -0.3 is 20.1 Å². The molecule has 2 aromatic carbocycles. The van der Waals surface area contributed by atoms with E-state index in [-0.39, 0.29) is 0 Å². The number of aromatic nitrogens is 2. The van der Waals surface area contributed by atoms with E-state index in [4.69, 9.17) is 21.1 Å². The molecule has 1 aromatic heterocycles. The molecule has 0 bridgehead atoms. The second-order valence-corrected chi connectivity index (χ2v) is 6.94. The third-order valence-electron chi connectivity index (χ3n) is 4.29. The maximum atomic E-state index is 5.93. The van der Waals surface area contributed by atoms with Crippen LogP contribution in [-0.4, -0.2) is 29.7 Å². The fourth-order valence-corrected chi connectivity index (χ4v) is 3.08. The first-order valence-corrected chi connectivity index (χ1v) is 9.54. The number of benzene rings is 2. The zero-order valence-corrected chi connectivity index (χ0v) is 16.3. The molecule has 1 aliphatic rings. The van der Waals surface area contributed by atoms with E-state index in [1.54, 1.807) is 0 Å². The maximum absolute atomic E-state index is 5.93. The lowest BCUT2D eigenvalue weighted by Gasteiger charge is -2.19. The molecule has 6 nitrogen and oxygen atoms in total. The quantitative estimate of drug-likeness (QED) is 0.634. The molecular formula is C21H21ClN4O2. The molecule has 144 valence electrons. The Hall–Kier alpha value is -2.99. The number of nitrogens with one attached hydrogen (secondary N) is 2. The smallest absolute Gasteiger partial charge is 0.229 e. The molecule has 4 rings (SSSR count). The van der Waals surface area contributed by atoms with Crippen molar-refractivity contribution in [3.05, 3.63) is 64.8 Å². The van der Waals surface area contributed by atoms with Crippen molar-refractivity contribution in [2.24, 2.45) is 0 Å². The van der Waals surface area contributed by atoms with Crippen molar-refractivity contribution in [1.82, 2.24) is 9.97 Å². The van der Waals surface area contributed by atoms with Crippen molar-refractivity contribution in [2.45, 2.75) is 13.3 Å². The van der Waals surface area contributed by atoms with E-state index in [0.717, 1.165) is 46.7 Å². The van der Waals surface area contributed by atoms with Gasteiger partial charge in [-0.15, -0.1) is 0 Å². The van der Waals surface area contributed by atoms with Gasteiger partial charge in [-0.05, 0) is 43.2 Å². The molecule has 2 heterocycles. The largest absolute Gasteiger partial charge is 0.486 e. The number of hydrogen-bond acceptors (Lipinski definition) is 6. The normalized spacial score (nSPS) is 12.5. The number of halogens is 1. The lowest BCUT2D eigenvalue weighted by molar-refractivity contribution is 0.171. The molecule has 0 unspecified atom stereocenters. The summed E-state index contributed by atoms with van der Waals surface area (Å²) in [6, 6.07) is 15.5. The molecule has 1 aliphatic heterocycles. The zero-order valence-electron chi connectivity index (χ0n) is 15.5. The highest BCUT2D eigenvalue weighted by atomic mass is 35.5. The number of aryl methyl sites for hydroxylation is 1. The second kappa shape index (κ2) is 8.35. The van der Waals surface area contributed by atoms with Gasteiger partial charge in [0.15, 0.2) is 11.5 Å². The van der Waals surface area contributed by atoms with Gasteiger partial charge in [-0.2, -0.15) is 4.98 Å². The van der Waals surface area contributed by atoms with Gasteiger partial charge in [0.2, 0.25) is 5.95 Å². The SMILES string of the molecule is Cc1cc(NCCc2ccc(Cl)cc2)nc(Nc2ccc3c(c2)OCCO3)n1. The van der Waals surface area contributed by atoms with Gasteiger partial charge in [0.25, 0.3) is 0 Å². The summed E-state index contributed by atoms with van der Waals surface area (Å²) in [5.41, 5.74) is 2.95. The molecule has 0 spiro atoms. The van der Waals surface area contributed by atoms with Crippen molar-refractivity contribution in [3.8, 4) is 11.5 Å². The first-order chi connectivity index (χ1) is 13.7. The fourth-order valence-electron chi connectivity index (χ4n) is 2.95. The highest BCUT2D eigenvalue weighted by molar-refractivity contribution is 6.30. The summed E-state index contributed by atoms with van der Waals surface area (Å²) < 4.78 is 11.2. The topological polar surface area (TPSA) is 68.3 Å². The van der Waals surface area contributed by atoms with Gasteiger partial charge in [-0.25, -0.2) is 4.98 Å². The van der Waals surface area contributed by atoms with Crippen LogP contribution >= 0.6 is 11.6 Å². The van der Waals surface area contributed by atoms with Crippen LogP contribution in [0.1, 0.15) is 11.3 Å². The second-order valence-electron chi connectivity index (χ2n) is 6.50. The van der Waals surface area contributed by atoms with Crippen molar-refractivity contribution in [3.63, 3.8) is 0 Å².